The molecule has 0 aromatic heterocycles. The number of nitrogens with zero attached hydrogens (tertiary/aromatic N) is 4. The summed E-state index contributed by atoms with van der Waals surface area (Å²) in [4.78, 5) is 9.77. The van der Waals surface area contributed by atoms with Gasteiger partial charge in [0.15, 0.2) is 0 Å². The number of para-hydroxylation sites is 8. The lowest BCUT2D eigenvalue weighted by Gasteiger charge is -2.48. The van der Waals surface area contributed by atoms with Crippen LogP contribution in [0.1, 0.15) is 5.56 Å². The molecule has 6 aliphatic rings. The van der Waals surface area contributed by atoms with E-state index < -0.39 is 0 Å². The monoisotopic (exact) mass is 804 g/mol. The summed E-state index contributed by atoms with van der Waals surface area (Å²) in [7, 11) is 0. The van der Waals surface area contributed by atoms with Gasteiger partial charge in [0, 0.05) is 28.3 Å². The predicted octanol–water partition coefficient (Wildman–Crippen LogP) is 10.4. The zero-order valence-corrected chi connectivity index (χ0v) is 34.2. The molecule has 9 aromatic rings. The van der Waals surface area contributed by atoms with Crippen LogP contribution in [0.3, 0.4) is 0 Å². The summed E-state index contributed by atoms with van der Waals surface area (Å²) in [6.45, 7) is 2.02. The van der Waals surface area contributed by atoms with E-state index in [-0.39, 0.29) is 13.4 Å². The standard InChI is InChI=1S/C55H34B2N4O2/c1-33-54-38(56-36-20-8-10-22-40(36)60-44-26-14-12-24-42(44)58(34-16-4-2-5-17-34)46-28-30-48(62-54)50(56)52(46)60)32-39-55(33)63-49-31-29-47-53-51(49)57(39)37-21-9-11-23-41(37)61(53)45-27-15-13-25-43(45)59(47)35-18-6-3-7-19-35/h2-32H,1H3. The Kier molecular flexibility index (Phi) is 6.43. The zero-order chi connectivity index (χ0) is 41.1. The third kappa shape index (κ3) is 4.20. The summed E-state index contributed by atoms with van der Waals surface area (Å²) in [6, 6.07) is 68.2. The minimum atomic E-state index is -0.0834. The van der Waals surface area contributed by atoms with Crippen LogP contribution in [0.25, 0.3) is 0 Å². The SMILES string of the molecule is Cc1c2c(cc3c1Oc1ccc4c5c1B3c1ccccc1N5c1ccccc1N4c1ccccc1)B1c3ccccc3N3c4ccccc4N(c4ccccc4)c4ccc(c1c43)O2. The lowest BCUT2D eigenvalue weighted by atomic mass is 9.30. The van der Waals surface area contributed by atoms with Gasteiger partial charge in [-0.2, -0.15) is 0 Å². The highest BCUT2D eigenvalue weighted by molar-refractivity contribution is 7.02. The van der Waals surface area contributed by atoms with E-state index in [2.05, 4.69) is 215 Å². The van der Waals surface area contributed by atoms with Crippen molar-refractivity contribution in [1.29, 1.82) is 0 Å². The van der Waals surface area contributed by atoms with Crippen LogP contribution >= 0.6 is 0 Å². The van der Waals surface area contributed by atoms with Gasteiger partial charge in [0.1, 0.15) is 23.0 Å². The van der Waals surface area contributed by atoms with Gasteiger partial charge in [-0.1, -0.05) is 103 Å². The molecule has 0 amide bonds. The lowest BCUT2D eigenvalue weighted by Crippen LogP contribution is -2.64. The Morgan fingerprint density at radius 3 is 1.13 bits per heavy atom. The molecule has 8 heteroatoms. The van der Waals surface area contributed by atoms with Gasteiger partial charge >= 0.3 is 0 Å². The summed E-state index contributed by atoms with van der Waals surface area (Å²) in [5, 5.41) is 0. The number of fused-ring (bicyclic) bond motifs is 14. The average molecular weight is 805 g/mol. The molecule has 6 nitrogen and oxygen atoms in total. The van der Waals surface area contributed by atoms with E-state index in [0.717, 1.165) is 96.4 Å². The molecule has 0 bridgehead atoms. The number of benzene rings is 9. The first-order valence-corrected chi connectivity index (χ1v) is 21.8. The number of hydrogen-bond donors (Lipinski definition) is 0. The quantitative estimate of drug-likeness (QED) is 0.162. The van der Waals surface area contributed by atoms with Crippen molar-refractivity contribution in [3.63, 3.8) is 0 Å². The molecule has 0 unspecified atom stereocenters. The van der Waals surface area contributed by atoms with Crippen molar-refractivity contribution in [2.75, 3.05) is 19.6 Å². The highest BCUT2D eigenvalue weighted by atomic mass is 16.5. The zero-order valence-electron chi connectivity index (χ0n) is 34.2. The molecular formula is C55H34B2N4O2. The van der Waals surface area contributed by atoms with E-state index in [1.165, 1.54) is 33.2 Å². The van der Waals surface area contributed by atoms with Crippen LogP contribution in [0.2, 0.25) is 0 Å². The first-order valence-electron chi connectivity index (χ1n) is 21.8. The fourth-order valence-corrected chi connectivity index (χ4v) is 11.7. The molecule has 6 heterocycles. The normalized spacial score (nSPS) is 14.5. The van der Waals surface area contributed by atoms with E-state index in [4.69, 9.17) is 9.47 Å². The molecule has 0 radical (unpaired) electrons. The molecule has 15 rings (SSSR count). The van der Waals surface area contributed by atoms with Crippen molar-refractivity contribution < 1.29 is 9.47 Å². The second-order valence-corrected chi connectivity index (χ2v) is 17.2. The molecular weight excluding hydrogens is 770 g/mol. The predicted molar refractivity (Wildman–Crippen MR) is 259 cm³/mol. The fraction of sp³-hybridized carbons (Fsp3) is 0.0182. The van der Waals surface area contributed by atoms with Crippen molar-refractivity contribution in [3.05, 3.63) is 194 Å². The van der Waals surface area contributed by atoms with Gasteiger partial charge in [-0.05, 0) is 125 Å². The lowest BCUT2D eigenvalue weighted by molar-refractivity contribution is 0.459. The van der Waals surface area contributed by atoms with E-state index in [1.54, 1.807) is 0 Å². The first-order chi connectivity index (χ1) is 31.2. The smallest absolute Gasteiger partial charge is 0.256 e. The van der Waals surface area contributed by atoms with Gasteiger partial charge in [-0.3, -0.25) is 0 Å². The Balaban J connectivity index is 0.987. The molecule has 0 saturated carbocycles. The van der Waals surface area contributed by atoms with Gasteiger partial charge in [-0.15, -0.1) is 0 Å². The molecule has 0 atom stereocenters. The van der Waals surface area contributed by atoms with Gasteiger partial charge in [-0.25, -0.2) is 0 Å². The minimum absolute atomic E-state index is 0.0834. The second kappa shape index (κ2) is 12.1. The Bertz CT molecular complexity index is 3260. The molecule has 63 heavy (non-hydrogen) atoms. The molecule has 0 aliphatic carbocycles. The second-order valence-electron chi connectivity index (χ2n) is 17.2. The van der Waals surface area contributed by atoms with Crippen LogP contribution in [-0.4, -0.2) is 13.4 Å². The van der Waals surface area contributed by atoms with E-state index in [1.807, 2.05) is 0 Å². The van der Waals surface area contributed by atoms with Crippen molar-refractivity contribution in [2.24, 2.45) is 0 Å². The Hall–Kier alpha value is -8.09. The summed E-state index contributed by atoms with van der Waals surface area (Å²) in [6.07, 6.45) is 0. The molecule has 6 aliphatic heterocycles. The van der Waals surface area contributed by atoms with Gasteiger partial charge in [0.2, 0.25) is 0 Å². The molecule has 292 valence electrons. The van der Waals surface area contributed by atoms with E-state index >= 15 is 0 Å². The van der Waals surface area contributed by atoms with E-state index in [0.29, 0.717) is 0 Å². The van der Waals surface area contributed by atoms with Crippen molar-refractivity contribution >= 4 is 114 Å². The van der Waals surface area contributed by atoms with Crippen LogP contribution < -0.4 is 61.9 Å². The van der Waals surface area contributed by atoms with Crippen LogP contribution in [0.15, 0.2) is 188 Å². The number of hydrogen-bond acceptors (Lipinski definition) is 6. The largest absolute Gasteiger partial charge is 0.458 e. The fourth-order valence-electron chi connectivity index (χ4n) is 11.7. The highest BCUT2D eigenvalue weighted by Crippen LogP contribution is 2.58. The van der Waals surface area contributed by atoms with Crippen LogP contribution in [0, 0.1) is 6.92 Å². The van der Waals surface area contributed by atoms with Crippen molar-refractivity contribution in [1.82, 2.24) is 0 Å². The maximum absolute atomic E-state index is 7.23. The van der Waals surface area contributed by atoms with Gasteiger partial charge in [0.25, 0.3) is 13.4 Å². The van der Waals surface area contributed by atoms with Crippen molar-refractivity contribution in [3.8, 4) is 23.0 Å². The summed E-state index contributed by atoms with van der Waals surface area (Å²) < 4.78 is 14.5. The summed E-state index contributed by atoms with van der Waals surface area (Å²) in [5.41, 5.74) is 22.0. The minimum Gasteiger partial charge on any atom is -0.458 e. The Morgan fingerprint density at radius 2 is 0.698 bits per heavy atom. The Labute approximate surface area is 365 Å². The maximum Gasteiger partial charge on any atom is 0.256 e. The molecule has 0 saturated heterocycles. The number of rotatable bonds is 2. The van der Waals surface area contributed by atoms with Gasteiger partial charge in [0.05, 0.1) is 45.5 Å². The third-order valence-corrected chi connectivity index (χ3v) is 14.1. The van der Waals surface area contributed by atoms with Crippen LogP contribution in [-0.2, 0) is 0 Å². The maximum atomic E-state index is 7.23. The van der Waals surface area contributed by atoms with Crippen LogP contribution in [0.4, 0.5) is 68.2 Å². The molecule has 0 spiro atoms. The van der Waals surface area contributed by atoms with Gasteiger partial charge < -0.3 is 29.1 Å². The van der Waals surface area contributed by atoms with Crippen molar-refractivity contribution in [2.45, 2.75) is 6.92 Å². The number of ether oxygens (including phenoxy) is 2. The van der Waals surface area contributed by atoms with Crippen LogP contribution in [0.5, 0.6) is 23.0 Å². The average Bonchev–Trinajstić information content (AvgIpc) is 3.34. The topological polar surface area (TPSA) is 31.4 Å². The molecule has 0 N–H and O–H groups in total. The molecule has 0 fully saturated rings. The highest BCUT2D eigenvalue weighted by Gasteiger charge is 2.50. The summed E-state index contributed by atoms with van der Waals surface area (Å²) in [5.74, 6) is 3.51. The number of anilines is 12. The first kappa shape index (κ1) is 33.6. The Morgan fingerprint density at radius 1 is 0.333 bits per heavy atom. The molecule has 9 aromatic carbocycles. The van der Waals surface area contributed by atoms with E-state index in [9.17, 15) is 0 Å². The summed E-state index contributed by atoms with van der Waals surface area (Å²) >= 11 is 0. The third-order valence-electron chi connectivity index (χ3n) is 14.1.